The smallest absolute Gasteiger partial charge is 0.0887 e. The predicted molar refractivity (Wildman–Crippen MR) is 360 cm³/mol. The number of rotatable bonds is 9. The lowest BCUT2D eigenvalue weighted by molar-refractivity contribution is 0.569. The lowest BCUT2D eigenvalue weighted by atomic mass is 9.79. The van der Waals surface area contributed by atoms with E-state index in [0.29, 0.717) is 5.02 Å². The molecule has 0 aliphatic rings. The van der Waals surface area contributed by atoms with Crippen molar-refractivity contribution in [2.45, 2.75) is 105 Å². The minimum Gasteiger partial charge on any atom is -0.308 e. The van der Waals surface area contributed by atoms with Gasteiger partial charge in [-0.25, -0.2) is 0 Å². The van der Waals surface area contributed by atoms with Crippen LogP contribution in [0.15, 0.2) is 224 Å². The molecule has 408 valence electrons. The van der Waals surface area contributed by atoms with Crippen molar-refractivity contribution in [1.82, 2.24) is 0 Å². The molecule has 0 aliphatic carbocycles. The Kier molecular flexibility index (Phi) is 13.9. The maximum absolute atomic E-state index is 8.37. The minimum absolute atomic E-state index is 0.0386. The Bertz CT molecular complexity index is 4320. The van der Waals surface area contributed by atoms with Gasteiger partial charge in [0.05, 0.1) is 27.8 Å². The highest BCUT2D eigenvalue weighted by Crippen LogP contribution is 2.52. The van der Waals surface area contributed by atoms with Crippen LogP contribution in [0.25, 0.3) is 75.8 Å². The number of fused-ring (bicyclic) bond motifs is 7. The Hall–Kier alpha value is -7.95. The summed E-state index contributed by atoms with van der Waals surface area (Å²) in [5.74, 6) is 0. The molecular weight excluding hydrogens is 1030 g/mol. The van der Waals surface area contributed by atoms with Crippen molar-refractivity contribution in [3.8, 4) is 33.4 Å². The summed E-state index contributed by atoms with van der Waals surface area (Å²) >= 11 is 10.1. The molecule has 1 aromatic heterocycles. The second-order valence-corrected chi connectivity index (χ2v) is 27.7. The van der Waals surface area contributed by atoms with Crippen LogP contribution in [0, 0.1) is 0 Å². The van der Waals surface area contributed by atoms with Crippen molar-refractivity contribution in [2.24, 2.45) is 0 Å². The Morgan fingerprint density at radius 2 is 0.780 bits per heavy atom. The summed E-state index contributed by atoms with van der Waals surface area (Å²) < 4.78 is 1.20. The zero-order chi connectivity index (χ0) is 57.5. The lowest BCUT2D eigenvalue weighted by Gasteiger charge is -2.33. The van der Waals surface area contributed by atoms with Crippen molar-refractivity contribution in [1.29, 1.82) is 0 Å². The number of hydrogen-bond donors (Lipinski definition) is 0. The van der Waals surface area contributed by atoms with Crippen LogP contribution in [-0.2, 0) is 21.7 Å². The number of nitrogens with zero attached hydrogens (tertiary/aromatic N) is 2. The van der Waals surface area contributed by atoms with Gasteiger partial charge in [0.2, 0.25) is 0 Å². The quantitative estimate of drug-likeness (QED) is 0.133. The Balaban J connectivity index is 1.11. The van der Waals surface area contributed by atoms with Crippen molar-refractivity contribution in [3.63, 3.8) is 0 Å². The average molecular weight is 1110 g/mol. The van der Waals surface area contributed by atoms with Crippen molar-refractivity contribution >= 4 is 99.5 Å². The van der Waals surface area contributed by atoms with E-state index in [1.54, 1.807) is 11.3 Å². The van der Waals surface area contributed by atoms with Crippen molar-refractivity contribution in [3.05, 3.63) is 251 Å². The molecule has 2 nitrogen and oxygen atoms in total. The van der Waals surface area contributed by atoms with Gasteiger partial charge in [0.1, 0.15) is 0 Å². The molecule has 82 heavy (non-hydrogen) atoms. The highest BCUT2D eigenvalue weighted by atomic mass is 35.5. The van der Waals surface area contributed by atoms with Gasteiger partial charge in [-0.15, -0.1) is 11.3 Å². The molecule has 0 N–H and O–H groups in total. The van der Waals surface area contributed by atoms with Crippen LogP contribution in [0.1, 0.15) is 105 Å². The van der Waals surface area contributed by atoms with Gasteiger partial charge < -0.3 is 9.80 Å². The van der Waals surface area contributed by atoms with Gasteiger partial charge in [-0.2, -0.15) is 0 Å². The lowest BCUT2D eigenvalue weighted by Crippen LogP contribution is -2.17. The van der Waals surface area contributed by atoms with Crippen LogP contribution in [0.2, 0.25) is 5.02 Å². The molecule has 4 heteroatoms. The first-order valence-corrected chi connectivity index (χ1v) is 30.2. The number of thiophene rings is 1. The zero-order valence-corrected chi connectivity index (χ0v) is 51.1. The summed E-state index contributed by atoms with van der Waals surface area (Å²) in [6.45, 7) is 27.6. The molecule has 12 aromatic rings. The highest BCUT2D eigenvalue weighted by Gasteiger charge is 2.29. The van der Waals surface area contributed by atoms with Crippen LogP contribution < -0.4 is 9.80 Å². The normalized spacial score (nSPS) is 12.5. The fraction of sp³-hybridized carbons (Fsp3) is 0.205. The number of anilines is 6. The molecule has 0 bridgehead atoms. The molecule has 0 fully saturated rings. The summed E-state index contributed by atoms with van der Waals surface area (Å²) in [6, 6.07) is 81.4. The van der Waals surface area contributed by atoms with Crippen LogP contribution in [0.4, 0.5) is 34.1 Å². The molecule has 0 atom stereocenters. The summed E-state index contributed by atoms with van der Waals surface area (Å²) in [4.78, 5) is 4.81. The van der Waals surface area contributed by atoms with Crippen LogP contribution in [0.5, 0.6) is 0 Å². The Morgan fingerprint density at radius 3 is 1.38 bits per heavy atom. The molecule has 0 unspecified atom stereocenters. The molecular formula is C78H73ClN2S. The van der Waals surface area contributed by atoms with E-state index >= 15 is 0 Å². The fourth-order valence-corrected chi connectivity index (χ4v) is 13.0. The summed E-state index contributed by atoms with van der Waals surface area (Å²) in [5.41, 5.74) is 17.8. The third kappa shape index (κ3) is 10.3. The van der Waals surface area contributed by atoms with E-state index < -0.39 is 0 Å². The third-order valence-electron chi connectivity index (χ3n) is 16.6. The topological polar surface area (TPSA) is 6.48 Å². The Morgan fingerprint density at radius 1 is 0.293 bits per heavy atom. The van der Waals surface area contributed by atoms with Crippen LogP contribution >= 0.6 is 22.9 Å². The molecule has 12 rings (SSSR count). The summed E-state index contributed by atoms with van der Waals surface area (Å²) in [7, 11) is 0. The van der Waals surface area contributed by atoms with Crippen LogP contribution in [0.3, 0.4) is 0 Å². The zero-order valence-electron chi connectivity index (χ0n) is 49.5. The second-order valence-electron chi connectivity index (χ2n) is 26.5. The van der Waals surface area contributed by atoms with Gasteiger partial charge in [-0.05, 0) is 171 Å². The largest absolute Gasteiger partial charge is 0.308 e. The average Bonchev–Trinajstić information content (AvgIpc) is 2.75. The molecule has 1 heterocycles. The number of benzene rings is 11. The number of hydrogen-bond acceptors (Lipinski definition) is 3. The van der Waals surface area contributed by atoms with Crippen LogP contribution in [-0.4, -0.2) is 0 Å². The van der Waals surface area contributed by atoms with Gasteiger partial charge in [0.15, 0.2) is 0 Å². The second kappa shape index (κ2) is 20.8. The highest BCUT2D eigenvalue weighted by molar-refractivity contribution is 7.17. The minimum atomic E-state index is -0.120. The van der Waals surface area contributed by atoms with Crippen molar-refractivity contribution < 1.29 is 0 Å². The van der Waals surface area contributed by atoms with Gasteiger partial charge in [0.25, 0.3) is 0 Å². The SMILES string of the molecule is CC(C)(C)c1ccc(N(c2ccc(C(C)(C)C)cc2-c2ccc3c4ccccc4c4ccccc4c3c2)c2cccc(N(c3cccc(-c4cc(C(C)(C)C)cc(C(C)(C)C)c4)c3)c3csc4ccc(-c5ccccc5)cc34)c2Cl)cc1. The van der Waals surface area contributed by atoms with E-state index in [2.05, 4.69) is 317 Å². The van der Waals surface area contributed by atoms with E-state index in [1.807, 2.05) is 0 Å². The van der Waals surface area contributed by atoms with Gasteiger partial charge in [0, 0.05) is 32.4 Å². The van der Waals surface area contributed by atoms with E-state index in [1.165, 1.54) is 76.0 Å². The van der Waals surface area contributed by atoms with E-state index in [-0.39, 0.29) is 21.7 Å². The van der Waals surface area contributed by atoms with Gasteiger partial charge in [-0.1, -0.05) is 246 Å². The first-order chi connectivity index (χ1) is 39.1. The summed E-state index contributed by atoms with van der Waals surface area (Å²) in [6.07, 6.45) is 0. The summed E-state index contributed by atoms with van der Waals surface area (Å²) in [5, 5.41) is 11.6. The first-order valence-electron chi connectivity index (χ1n) is 28.9. The standard InChI is InChI=1S/C78H73ClN2S/c1-75(2,3)55-34-37-59(38-35-55)80(69-40-36-56(76(4,5)6)48-66(69)53-32-39-65-63-28-17-16-26-61(63)62-27-18-19-29-64(62)67(65)46-53)70-30-21-31-71(74(70)79)81(72-49-82-73-41-33-52(45-68(72)73)50-22-14-13-15-23-50)60-25-20-24-51(44-60)54-42-57(77(7,8)9)47-58(43-54)78(10,11)12/h13-49H,1-12H3. The molecule has 11 aromatic carbocycles. The monoisotopic (exact) mass is 1100 g/mol. The molecule has 0 saturated heterocycles. The van der Waals surface area contributed by atoms with E-state index in [4.69, 9.17) is 11.6 Å². The maximum Gasteiger partial charge on any atom is 0.0887 e. The van der Waals surface area contributed by atoms with E-state index in [9.17, 15) is 0 Å². The Labute approximate surface area is 495 Å². The molecule has 0 aliphatic heterocycles. The first kappa shape index (κ1) is 54.6. The maximum atomic E-state index is 8.37. The predicted octanol–water partition coefficient (Wildman–Crippen LogP) is 24.1. The van der Waals surface area contributed by atoms with Gasteiger partial charge >= 0.3 is 0 Å². The fourth-order valence-electron chi connectivity index (χ4n) is 11.8. The molecule has 0 saturated carbocycles. The third-order valence-corrected chi connectivity index (χ3v) is 17.9. The van der Waals surface area contributed by atoms with E-state index in [0.717, 1.165) is 56.2 Å². The molecule has 0 spiro atoms. The van der Waals surface area contributed by atoms with Gasteiger partial charge in [-0.3, -0.25) is 0 Å². The van der Waals surface area contributed by atoms with Crippen molar-refractivity contribution in [2.75, 3.05) is 9.80 Å². The number of halogens is 1. The molecule has 0 radical (unpaired) electrons. The molecule has 0 amide bonds.